The van der Waals surface area contributed by atoms with Gasteiger partial charge in [-0.1, -0.05) is 65.7 Å². The van der Waals surface area contributed by atoms with Gasteiger partial charge in [0, 0.05) is 5.56 Å². The van der Waals surface area contributed by atoms with E-state index in [0.717, 1.165) is 28.4 Å². The Bertz CT molecular complexity index is 1670. The van der Waals surface area contributed by atoms with Gasteiger partial charge in [0.2, 0.25) is 0 Å². The van der Waals surface area contributed by atoms with Gasteiger partial charge in [0.15, 0.2) is 28.8 Å². The lowest BCUT2D eigenvalue weighted by Gasteiger charge is -2.61. The molecule has 3 rings (SSSR count). The van der Waals surface area contributed by atoms with Crippen LogP contribution in [0.4, 0.5) is 0 Å². The Labute approximate surface area is 298 Å². The molecule has 2 saturated carbocycles. The Morgan fingerprint density at radius 3 is 2.04 bits per heavy atom. The quantitative estimate of drug-likeness (QED) is 0.0383. The zero-order valence-electron chi connectivity index (χ0n) is 31.6. The summed E-state index contributed by atoms with van der Waals surface area (Å²) in [5, 5.41) is 42.4. The number of fused-ring (bicyclic) bond motifs is 2. The van der Waals surface area contributed by atoms with Crippen LogP contribution in [0.25, 0.3) is 5.76 Å². The van der Waals surface area contributed by atoms with Crippen molar-refractivity contribution >= 4 is 23.1 Å². The normalized spacial score (nSPS) is 26.6. The Balaban J connectivity index is 2.42. The second-order valence-corrected chi connectivity index (χ2v) is 15.7. The molecule has 50 heavy (non-hydrogen) atoms. The monoisotopic (exact) mass is 686 g/mol. The van der Waals surface area contributed by atoms with Crippen molar-refractivity contribution in [2.24, 2.45) is 22.2 Å². The van der Waals surface area contributed by atoms with Crippen molar-refractivity contribution in [2.75, 3.05) is 0 Å². The Morgan fingerprint density at radius 1 is 0.880 bits per heavy atom. The number of aliphatic hydroxyl groups is 2. The summed E-state index contributed by atoms with van der Waals surface area (Å²) in [4.78, 5) is 45.6. The minimum Gasteiger partial charge on any atom is -0.506 e. The third kappa shape index (κ3) is 7.83. The molecule has 4 N–H and O–H groups in total. The molecule has 0 amide bonds. The molecule has 2 aliphatic carbocycles. The van der Waals surface area contributed by atoms with E-state index in [1.54, 1.807) is 6.92 Å². The van der Waals surface area contributed by atoms with E-state index in [2.05, 4.69) is 18.7 Å². The van der Waals surface area contributed by atoms with Crippen molar-refractivity contribution in [3.63, 3.8) is 0 Å². The fourth-order valence-electron chi connectivity index (χ4n) is 7.80. The first-order valence-electron chi connectivity index (χ1n) is 17.7. The first-order valence-corrected chi connectivity index (χ1v) is 17.7. The van der Waals surface area contributed by atoms with Crippen LogP contribution < -0.4 is 0 Å². The van der Waals surface area contributed by atoms with Gasteiger partial charge in [-0.2, -0.15) is 0 Å². The highest BCUT2D eigenvalue weighted by atomic mass is 16.3. The van der Waals surface area contributed by atoms with Crippen LogP contribution in [0.2, 0.25) is 0 Å². The first-order chi connectivity index (χ1) is 23.2. The van der Waals surface area contributed by atoms with Crippen LogP contribution in [0.5, 0.6) is 11.5 Å². The van der Waals surface area contributed by atoms with Crippen LogP contribution in [0.15, 0.2) is 82.5 Å². The lowest BCUT2D eigenvalue weighted by Crippen LogP contribution is -2.70. The van der Waals surface area contributed by atoms with Gasteiger partial charge in [0.05, 0.1) is 11.5 Å². The molecule has 0 heterocycles. The molecule has 7 heteroatoms. The summed E-state index contributed by atoms with van der Waals surface area (Å²) in [6.45, 7) is 21.3. The summed E-state index contributed by atoms with van der Waals surface area (Å²) in [5.41, 5.74) is 0.0973. The molecule has 0 aliphatic heterocycles. The van der Waals surface area contributed by atoms with Crippen molar-refractivity contribution < 1.29 is 34.8 Å². The third-order valence-electron chi connectivity index (χ3n) is 11.1. The smallest absolute Gasteiger partial charge is 0.184 e. The second kappa shape index (κ2) is 15.9. The fraction of sp³-hybridized carbons (Fsp3) is 0.512. The van der Waals surface area contributed by atoms with Crippen LogP contribution >= 0.6 is 0 Å². The average molecular weight is 687 g/mol. The summed E-state index contributed by atoms with van der Waals surface area (Å²) < 4.78 is 0. The summed E-state index contributed by atoms with van der Waals surface area (Å²) in [6.07, 6.45) is 10.6. The van der Waals surface area contributed by atoms with Crippen LogP contribution in [0, 0.1) is 22.2 Å². The number of phenolic OH excluding ortho intramolecular Hbond substituents is 2. The SMILES string of the molecule is C=C(C)[C@@H](O)CC/C(C)=C/C[C@@H]1C[C@@]2(CC=C(C)C)C(=O)C(=C(O)c3ccc(O)c(O)c3)C(=O)[C@](CC=C(C)C)(C2=O)[C@@]1(C)CCC=C(C)C. The van der Waals surface area contributed by atoms with E-state index in [0.29, 0.717) is 37.7 Å². The van der Waals surface area contributed by atoms with Gasteiger partial charge in [-0.05, 0) is 136 Å². The van der Waals surface area contributed by atoms with Gasteiger partial charge < -0.3 is 20.4 Å². The molecule has 0 radical (unpaired) electrons. The summed E-state index contributed by atoms with van der Waals surface area (Å²) in [6, 6.07) is 3.64. The van der Waals surface area contributed by atoms with E-state index >= 15 is 9.59 Å². The van der Waals surface area contributed by atoms with Gasteiger partial charge in [0.25, 0.3) is 0 Å². The summed E-state index contributed by atoms with van der Waals surface area (Å²) in [7, 11) is 0. The van der Waals surface area contributed by atoms with Crippen LogP contribution in [-0.2, 0) is 14.4 Å². The lowest BCUT2D eigenvalue weighted by molar-refractivity contribution is -0.178. The molecule has 0 unspecified atom stereocenters. The first kappa shape index (κ1) is 40.5. The highest BCUT2D eigenvalue weighted by molar-refractivity contribution is 6.41. The number of aliphatic hydroxyl groups excluding tert-OH is 2. The molecule has 0 aromatic heterocycles. The van der Waals surface area contributed by atoms with E-state index < -0.39 is 56.7 Å². The highest BCUT2D eigenvalue weighted by Crippen LogP contribution is 2.67. The van der Waals surface area contributed by atoms with Crippen LogP contribution in [0.3, 0.4) is 0 Å². The van der Waals surface area contributed by atoms with Gasteiger partial charge in [-0.25, -0.2) is 0 Å². The van der Waals surface area contributed by atoms with E-state index in [1.807, 2.05) is 67.5 Å². The largest absolute Gasteiger partial charge is 0.506 e. The van der Waals surface area contributed by atoms with Crippen LogP contribution in [-0.4, -0.2) is 43.9 Å². The number of carbonyl (C=O) groups is 3. The van der Waals surface area contributed by atoms with Gasteiger partial charge in [-0.15, -0.1) is 0 Å². The number of hydrogen-bond donors (Lipinski definition) is 4. The molecule has 7 nitrogen and oxygen atoms in total. The summed E-state index contributed by atoms with van der Waals surface area (Å²) >= 11 is 0. The number of benzene rings is 1. The minimum atomic E-state index is -1.67. The number of ketones is 3. The number of aromatic hydroxyl groups is 2. The minimum absolute atomic E-state index is 0.00236. The van der Waals surface area contributed by atoms with E-state index in [-0.39, 0.29) is 36.5 Å². The van der Waals surface area contributed by atoms with Gasteiger partial charge >= 0.3 is 0 Å². The molecule has 272 valence electrons. The molecule has 0 saturated heterocycles. The van der Waals surface area contributed by atoms with E-state index in [1.165, 1.54) is 12.1 Å². The molecular weight excluding hydrogens is 628 g/mol. The average Bonchev–Trinajstić information content (AvgIpc) is 3.03. The molecule has 2 bridgehead atoms. The van der Waals surface area contributed by atoms with Crippen molar-refractivity contribution in [2.45, 2.75) is 120 Å². The van der Waals surface area contributed by atoms with Gasteiger partial charge in [-0.3, -0.25) is 14.4 Å². The predicted molar refractivity (Wildman–Crippen MR) is 201 cm³/mol. The number of hydrogen-bond acceptors (Lipinski definition) is 7. The molecule has 2 aliphatic rings. The standard InChI is InChI=1S/C43H58O7/c1-26(2)12-11-21-41(10)32(16-13-30(9)14-17-33(44)29(7)8)25-42(22-19-27(3)4)38(48)36(37(47)31-15-18-34(45)35(46)24-31)39(49)43(41,40(42)50)23-20-28(5)6/h12-13,15,18-20,24,32-33,44-47H,7,11,14,16-17,21-23,25H2,1-6,8-10H3/b30-13+,37-36?/t32-,33+,41+,42+,43-/m1/s1. The highest BCUT2D eigenvalue weighted by Gasteiger charge is 2.74. The Hall–Kier alpha value is -3.97. The maximum Gasteiger partial charge on any atom is 0.184 e. The molecule has 1 aromatic carbocycles. The second-order valence-electron chi connectivity index (χ2n) is 15.7. The number of carbonyl (C=O) groups excluding carboxylic acids is 3. The maximum absolute atomic E-state index is 15.4. The number of Topliss-reactive ketones (excluding diaryl/α,β-unsaturated/α-hetero) is 3. The van der Waals surface area contributed by atoms with Crippen molar-refractivity contribution in [1.82, 2.24) is 0 Å². The van der Waals surface area contributed by atoms with E-state index in [9.17, 15) is 25.2 Å². The lowest BCUT2D eigenvalue weighted by atomic mass is 9.37. The van der Waals surface area contributed by atoms with Crippen molar-refractivity contribution in [1.29, 1.82) is 0 Å². The molecule has 0 spiro atoms. The Kier molecular flexibility index (Phi) is 12.9. The summed E-state index contributed by atoms with van der Waals surface area (Å²) in [5.74, 6) is -3.57. The molecule has 1 aromatic rings. The van der Waals surface area contributed by atoms with Crippen LogP contribution in [0.1, 0.15) is 119 Å². The number of rotatable bonds is 14. The Morgan fingerprint density at radius 2 is 1.48 bits per heavy atom. The van der Waals surface area contributed by atoms with Crippen molar-refractivity contribution in [3.05, 3.63) is 88.1 Å². The number of phenols is 2. The third-order valence-corrected chi connectivity index (χ3v) is 11.1. The molecular formula is C43H58O7. The molecule has 2 fully saturated rings. The maximum atomic E-state index is 15.4. The fourth-order valence-corrected chi connectivity index (χ4v) is 7.80. The predicted octanol–water partition coefficient (Wildman–Crippen LogP) is 9.60. The zero-order chi connectivity index (χ0) is 37.8. The number of allylic oxidation sites excluding steroid dienone is 9. The van der Waals surface area contributed by atoms with Gasteiger partial charge in [0.1, 0.15) is 16.7 Å². The zero-order valence-corrected chi connectivity index (χ0v) is 31.6. The van der Waals surface area contributed by atoms with E-state index in [4.69, 9.17) is 0 Å². The topological polar surface area (TPSA) is 132 Å². The van der Waals surface area contributed by atoms with Crippen molar-refractivity contribution in [3.8, 4) is 11.5 Å². The molecule has 5 atom stereocenters.